The Kier molecular flexibility index (Phi) is 56.4. The quantitative estimate of drug-likeness (QED) is 0.00452. The molecule has 0 unspecified atom stereocenters. The van der Waals surface area contributed by atoms with E-state index in [0.29, 0.717) is 38.0 Å². The SMILES string of the molecule is CC(C)(C)OC(=O)N1C[C@H](Cc2ccccc2)CC[C@H]1C(=O)OCc1ccccc1.CC(C)(C)OC(=O)OC(=O)OC(C)(C)C.II.N=O.N=O.N=O.O=C(O)C(=O)O.O=C(OCc1ccccc1)[C@@H]1CC[C@@H](Cc2ccccc2)CN1.O=C(OCc1ccccc1)[C@@H]1CC[C@@H](Cc2ccccc2)CN1.O=CO[O-].[Na+]. The van der Waals surface area contributed by atoms with Crippen LogP contribution in [0.25, 0.3) is 0 Å². The standard InChI is InChI=1S/C25H31NO4.2C20H23NO2.C10H18O5.C2H2O4.CH2O3.I2.3HNO.Na/c1-25(2,3)30-24(28)26-17-21(16-19-10-6-4-7-11-19)14-15-22(26)23(27)29-18-20-12-8-5-9-13-20;2*22-20(23-15-17-9-5-2-6-10-17)19-12-11-18(14-21-19)13-16-7-3-1-4-8-16;1-9(2,3)14-7(11)13-8(12)15-10(4,5)6;3-1(4)2(5)6;2-1-4-3;4*1-2;/h4-13,21-22H,14-18H2,1-3H3;2*1-10,18-19,21H,11-15H2;1-6H3;(H,3,4)(H,5,6);1,3H;;3*1H;/q;;;;;;;;;;+1/p-1/t21-,22-;2*18-,19-;;;;;;;;/m000......../s1. The van der Waals surface area contributed by atoms with Gasteiger partial charge in [0.05, 0.1) is 0 Å². The number of hydrogen-bond donors (Lipinski definition) is 7. The largest absolute Gasteiger partial charge is 1.00 e. The topological polar surface area (TPSA) is 441 Å². The van der Waals surface area contributed by atoms with Gasteiger partial charge in [-0.15, -0.1) is 0 Å². The summed E-state index contributed by atoms with van der Waals surface area (Å²) in [6, 6.07) is 59.5. The van der Waals surface area contributed by atoms with Crippen molar-refractivity contribution in [3.8, 4) is 0 Å². The third kappa shape index (κ3) is 49.4. The Labute approximate surface area is 687 Å². The van der Waals surface area contributed by atoms with E-state index in [1.165, 1.54) is 16.7 Å². The summed E-state index contributed by atoms with van der Waals surface area (Å²) in [4.78, 5) is 126. The van der Waals surface area contributed by atoms with E-state index in [-0.39, 0.29) is 78.5 Å². The fraction of sp³-hybridized carbons (Fsp3) is 0.423. The van der Waals surface area contributed by atoms with Crippen LogP contribution >= 0.6 is 37.2 Å². The zero-order chi connectivity index (χ0) is 82.2. The summed E-state index contributed by atoms with van der Waals surface area (Å²) in [6.07, 6.45) is 5.70. The summed E-state index contributed by atoms with van der Waals surface area (Å²) in [7, 11) is 0. The van der Waals surface area contributed by atoms with Crippen LogP contribution in [-0.4, -0.2) is 124 Å². The van der Waals surface area contributed by atoms with E-state index in [0.717, 1.165) is 81.1 Å². The summed E-state index contributed by atoms with van der Waals surface area (Å²) >= 11 is 4.24. The number of aliphatic carboxylic acids is 2. The van der Waals surface area contributed by atoms with Gasteiger partial charge in [0.15, 0.2) is 0 Å². The van der Waals surface area contributed by atoms with Crippen molar-refractivity contribution < 1.29 is 126 Å². The first-order chi connectivity index (χ1) is 52.0. The molecular weight excluding hydrogens is 1670 g/mol. The number of carbonyl (C=O) groups excluding carboxylic acids is 7. The average Bonchev–Trinajstić information content (AvgIpc) is 0.795. The van der Waals surface area contributed by atoms with Gasteiger partial charge in [0.25, 0.3) is 6.47 Å². The number of nitroso groups, excluding NO2 is 3. The third-order valence-electron chi connectivity index (χ3n) is 15.1. The van der Waals surface area contributed by atoms with Crippen molar-refractivity contribution in [1.29, 1.82) is 16.8 Å². The maximum absolute atomic E-state index is 12.9. The number of nitrogens with zero attached hydrogens (tertiary/aromatic N) is 1. The molecule has 0 aliphatic carbocycles. The summed E-state index contributed by atoms with van der Waals surface area (Å²) in [5.41, 5.74) is 18.4. The molecule has 596 valence electrons. The number of carboxylic acids is 2. The number of piperidine rings is 3. The summed E-state index contributed by atoms with van der Waals surface area (Å²) in [6.45, 7) is 18.5. The van der Waals surface area contributed by atoms with Crippen LogP contribution in [-0.2, 0) is 106 Å². The average molecular weight is 1770 g/mol. The van der Waals surface area contributed by atoms with E-state index in [4.69, 9.17) is 73.0 Å². The number of esters is 3. The van der Waals surface area contributed by atoms with Crippen LogP contribution in [0.5, 0.6) is 0 Å². The predicted molar refractivity (Wildman–Crippen MR) is 420 cm³/mol. The van der Waals surface area contributed by atoms with Crippen molar-refractivity contribution in [2.24, 2.45) is 17.8 Å². The van der Waals surface area contributed by atoms with Gasteiger partial charge in [-0.2, -0.15) is 14.7 Å². The maximum atomic E-state index is 12.9. The van der Waals surface area contributed by atoms with Gasteiger partial charge in [-0.1, -0.05) is 199 Å². The van der Waals surface area contributed by atoms with Crippen molar-refractivity contribution in [2.45, 2.75) is 175 Å². The molecular formula is C78H101I2N6NaO23. The van der Waals surface area contributed by atoms with Crippen LogP contribution in [0, 0.1) is 49.3 Å². The summed E-state index contributed by atoms with van der Waals surface area (Å²) < 4.78 is 35.8. The van der Waals surface area contributed by atoms with E-state index < -0.39 is 53.2 Å². The van der Waals surface area contributed by atoms with Gasteiger partial charge >= 0.3 is 77.8 Å². The number of amides is 1. The number of likely N-dealkylation sites (tertiary alicyclic amines) is 1. The van der Waals surface area contributed by atoms with Crippen LogP contribution < -0.4 is 45.4 Å². The molecule has 1 amide bonds. The molecule has 3 fully saturated rings. The van der Waals surface area contributed by atoms with Crippen molar-refractivity contribution in [1.82, 2.24) is 15.5 Å². The number of rotatable bonds is 16. The van der Waals surface area contributed by atoms with E-state index in [2.05, 4.69) is 135 Å². The zero-order valence-electron chi connectivity index (χ0n) is 63.6. The van der Waals surface area contributed by atoms with Crippen LogP contribution in [0.4, 0.5) is 14.4 Å². The molecule has 3 saturated heterocycles. The van der Waals surface area contributed by atoms with E-state index in [1.807, 2.05) is 142 Å². The number of ether oxygens (including phenoxy) is 7. The number of carboxylic acid groups (broad SMARTS) is 2. The molecule has 0 radical (unpaired) electrons. The fourth-order valence-electron chi connectivity index (χ4n) is 10.5. The van der Waals surface area contributed by atoms with E-state index in [1.54, 1.807) is 46.4 Å². The number of halogens is 2. The fourth-order valence-corrected chi connectivity index (χ4v) is 10.5. The monoisotopic (exact) mass is 1770 g/mol. The molecule has 0 aromatic heterocycles. The Bertz CT molecular complexity index is 3350. The first-order valence-electron chi connectivity index (χ1n) is 34.3. The molecule has 29 nitrogen and oxygen atoms in total. The van der Waals surface area contributed by atoms with Gasteiger partial charge in [-0.05, 0) is 184 Å². The number of carbonyl (C=O) groups is 9. The minimum absolute atomic E-state index is 0. The molecule has 6 aromatic rings. The normalized spacial score (nSPS) is 16.3. The Balaban J connectivity index is 0. The maximum Gasteiger partial charge on any atom is 1.00 e. The minimum atomic E-state index is -1.82. The molecule has 0 spiro atoms. The van der Waals surface area contributed by atoms with Gasteiger partial charge in [0.1, 0.15) is 54.7 Å². The van der Waals surface area contributed by atoms with Gasteiger partial charge < -0.3 is 64.1 Å². The van der Waals surface area contributed by atoms with Crippen LogP contribution in [0.15, 0.2) is 182 Å². The molecule has 9 rings (SSSR count). The molecule has 32 heteroatoms. The summed E-state index contributed by atoms with van der Waals surface area (Å²) in [5.74, 6) is -2.82. The molecule has 0 bridgehead atoms. The van der Waals surface area contributed by atoms with Crippen molar-refractivity contribution in [2.75, 3.05) is 19.6 Å². The molecule has 3 heterocycles. The second-order valence-corrected chi connectivity index (χ2v) is 27.1. The van der Waals surface area contributed by atoms with Crippen molar-refractivity contribution in [3.63, 3.8) is 0 Å². The summed E-state index contributed by atoms with van der Waals surface area (Å²) in [5, 5.41) is 29.9. The molecule has 6 aromatic carbocycles. The van der Waals surface area contributed by atoms with Crippen molar-refractivity contribution >= 4 is 92.0 Å². The minimum Gasteiger partial charge on any atom is -0.662 e. The Hall–Kier alpha value is -8.71. The van der Waals surface area contributed by atoms with E-state index in [9.17, 15) is 28.8 Å². The van der Waals surface area contributed by atoms with Gasteiger partial charge in [-0.25, -0.2) is 28.8 Å². The van der Waals surface area contributed by atoms with Gasteiger partial charge in [0, 0.05) is 43.8 Å². The smallest absolute Gasteiger partial charge is 0.662 e. The van der Waals surface area contributed by atoms with Crippen molar-refractivity contribution in [3.05, 3.63) is 230 Å². The first kappa shape index (κ1) is 103. The second kappa shape index (κ2) is 60.1. The molecule has 3 aliphatic heterocycles. The molecule has 7 N–H and O–H groups in total. The first-order valence-corrected chi connectivity index (χ1v) is 40.6. The van der Waals surface area contributed by atoms with E-state index >= 15 is 0 Å². The number of benzene rings is 6. The number of hydrogen-bond acceptors (Lipinski definition) is 26. The van der Waals surface area contributed by atoms with Gasteiger partial charge in [0.2, 0.25) is 0 Å². The Morgan fingerprint density at radius 1 is 0.436 bits per heavy atom. The Morgan fingerprint density at radius 3 is 0.955 bits per heavy atom. The van der Waals surface area contributed by atoms with Crippen LogP contribution in [0.2, 0.25) is 0 Å². The zero-order valence-corrected chi connectivity index (χ0v) is 70.0. The molecule has 0 saturated carbocycles. The van der Waals surface area contributed by atoms with Gasteiger partial charge in [-0.3, -0.25) is 19.3 Å². The Morgan fingerprint density at radius 2 is 0.700 bits per heavy atom. The van der Waals surface area contributed by atoms with Crippen LogP contribution in [0.3, 0.4) is 0 Å². The predicted octanol–water partition coefficient (Wildman–Crippen LogP) is 11.9. The molecule has 6 atom stereocenters. The third-order valence-corrected chi connectivity index (χ3v) is 15.1. The molecule has 110 heavy (non-hydrogen) atoms. The van der Waals surface area contributed by atoms with Crippen LogP contribution in [0.1, 0.15) is 134 Å². The number of nitrogens with one attached hydrogen (secondary N) is 5. The second-order valence-electron chi connectivity index (χ2n) is 27.1. The molecule has 3 aliphatic rings.